The molecule has 27 heavy (non-hydrogen) atoms. The highest BCUT2D eigenvalue weighted by Gasteiger charge is 2.34. The van der Waals surface area contributed by atoms with E-state index in [0.29, 0.717) is 19.1 Å². The van der Waals surface area contributed by atoms with Crippen LogP contribution in [-0.4, -0.2) is 60.8 Å². The van der Waals surface area contributed by atoms with E-state index in [0.717, 1.165) is 49.7 Å². The lowest BCUT2D eigenvalue weighted by Gasteiger charge is -2.33. The van der Waals surface area contributed by atoms with Crippen LogP contribution in [-0.2, 0) is 11.2 Å². The Morgan fingerprint density at radius 1 is 1.30 bits per heavy atom. The first-order chi connectivity index (χ1) is 13.0. The summed E-state index contributed by atoms with van der Waals surface area (Å²) >= 11 is 6.39. The molecule has 2 saturated heterocycles. The van der Waals surface area contributed by atoms with Crippen molar-refractivity contribution >= 4 is 17.7 Å². The van der Waals surface area contributed by atoms with Gasteiger partial charge in [0.25, 0.3) is 0 Å². The van der Waals surface area contributed by atoms with E-state index in [4.69, 9.17) is 21.1 Å². The second-order valence-electron chi connectivity index (χ2n) is 7.89. The molecule has 0 saturated carbocycles. The molecule has 0 bridgehead atoms. The maximum atomic E-state index is 11.9. The predicted molar refractivity (Wildman–Crippen MR) is 108 cm³/mol. The summed E-state index contributed by atoms with van der Waals surface area (Å²) in [6.07, 6.45) is 3.10. The van der Waals surface area contributed by atoms with Crippen LogP contribution in [0.1, 0.15) is 39.2 Å². The zero-order chi connectivity index (χ0) is 19.4. The first kappa shape index (κ1) is 20.3. The van der Waals surface area contributed by atoms with E-state index in [2.05, 4.69) is 11.0 Å². The summed E-state index contributed by atoms with van der Waals surface area (Å²) in [6, 6.07) is 6.15. The summed E-state index contributed by atoms with van der Waals surface area (Å²) in [6.45, 7) is 10.3. The van der Waals surface area contributed by atoms with Gasteiger partial charge < -0.3 is 14.4 Å². The van der Waals surface area contributed by atoms with Crippen LogP contribution in [0.4, 0.5) is 4.79 Å². The van der Waals surface area contributed by atoms with Gasteiger partial charge in [-0.05, 0) is 82.8 Å². The summed E-state index contributed by atoms with van der Waals surface area (Å²) < 4.78 is 11.1. The number of nitrogens with zero attached hydrogens (tertiary/aromatic N) is 2. The van der Waals surface area contributed by atoms with Gasteiger partial charge in [0, 0.05) is 17.6 Å². The van der Waals surface area contributed by atoms with E-state index in [1.54, 1.807) is 0 Å². The number of hydrogen-bond acceptors (Lipinski definition) is 4. The van der Waals surface area contributed by atoms with Crippen LogP contribution in [0, 0.1) is 5.92 Å². The van der Waals surface area contributed by atoms with Crippen molar-refractivity contribution in [3.05, 3.63) is 28.8 Å². The third kappa shape index (κ3) is 5.29. The van der Waals surface area contributed by atoms with Gasteiger partial charge in [0.2, 0.25) is 0 Å². The molecule has 2 heterocycles. The number of carbonyl (C=O) groups is 1. The zero-order valence-corrected chi connectivity index (χ0v) is 17.4. The Bertz CT molecular complexity index is 644. The molecule has 5 nitrogen and oxygen atoms in total. The molecule has 1 aromatic rings. The fourth-order valence-electron chi connectivity index (χ4n) is 3.99. The number of rotatable bonds is 7. The molecule has 0 N–H and O–H groups in total. The maximum absolute atomic E-state index is 11.9. The lowest BCUT2D eigenvalue weighted by molar-refractivity contribution is 0.0902. The minimum Gasteiger partial charge on any atom is -0.494 e. The number of piperidine rings is 1. The molecular weight excluding hydrogens is 364 g/mol. The number of likely N-dealkylation sites (tertiary alicyclic amines) is 1. The molecule has 0 aromatic heterocycles. The van der Waals surface area contributed by atoms with Crippen molar-refractivity contribution in [3.63, 3.8) is 0 Å². The summed E-state index contributed by atoms with van der Waals surface area (Å²) in [5.41, 5.74) is 1.18. The highest BCUT2D eigenvalue weighted by atomic mass is 35.5. The molecule has 1 atom stereocenters. The van der Waals surface area contributed by atoms with Crippen LogP contribution in [0.25, 0.3) is 0 Å². The highest BCUT2D eigenvalue weighted by molar-refractivity contribution is 6.31. The fraction of sp³-hybridized carbons (Fsp3) is 0.667. The molecule has 0 radical (unpaired) electrons. The van der Waals surface area contributed by atoms with Gasteiger partial charge in [0.15, 0.2) is 0 Å². The smallest absolute Gasteiger partial charge is 0.410 e. The van der Waals surface area contributed by atoms with Crippen molar-refractivity contribution in [1.29, 1.82) is 0 Å². The molecule has 0 aliphatic carbocycles. The van der Waals surface area contributed by atoms with Crippen LogP contribution < -0.4 is 4.74 Å². The molecule has 150 valence electrons. The predicted octanol–water partition coefficient (Wildman–Crippen LogP) is 4.22. The number of benzene rings is 1. The van der Waals surface area contributed by atoms with Crippen molar-refractivity contribution < 1.29 is 14.3 Å². The third-order valence-electron chi connectivity index (χ3n) is 5.53. The van der Waals surface area contributed by atoms with Crippen LogP contribution in [0.3, 0.4) is 0 Å². The van der Waals surface area contributed by atoms with E-state index < -0.39 is 0 Å². The van der Waals surface area contributed by atoms with Gasteiger partial charge in [0.05, 0.1) is 13.2 Å². The summed E-state index contributed by atoms with van der Waals surface area (Å²) in [7, 11) is 0. The molecule has 2 fully saturated rings. The number of hydrogen-bond donors (Lipinski definition) is 0. The average molecular weight is 395 g/mol. The van der Waals surface area contributed by atoms with Crippen LogP contribution in [0.5, 0.6) is 5.75 Å². The topological polar surface area (TPSA) is 42.0 Å². The molecule has 3 rings (SSSR count). The molecule has 6 heteroatoms. The van der Waals surface area contributed by atoms with Crippen molar-refractivity contribution in [2.75, 3.05) is 32.8 Å². The maximum Gasteiger partial charge on any atom is 0.410 e. The largest absolute Gasteiger partial charge is 0.494 e. The molecule has 2 aliphatic heterocycles. The minimum atomic E-state index is -0.172. The number of cyclic esters (lactones) is 1. The molecule has 1 amide bonds. The van der Waals surface area contributed by atoms with E-state index in [1.807, 2.05) is 37.8 Å². The van der Waals surface area contributed by atoms with Crippen LogP contribution in [0.15, 0.2) is 18.2 Å². The highest BCUT2D eigenvalue weighted by Crippen LogP contribution is 2.29. The van der Waals surface area contributed by atoms with Gasteiger partial charge >= 0.3 is 6.09 Å². The Morgan fingerprint density at radius 2 is 2.04 bits per heavy atom. The quantitative estimate of drug-likeness (QED) is 0.694. The Hall–Kier alpha value is -1.46. The van der Waals surface area contributed by atoms with E-state index in [1.165, 1.54) is 5.56 Å². The van der Waals surface area contributed by atoms with Crippen molar-refractivity contribution in [2.45, 2.75) is 52.2 Å². The van der Waals surface area contributed by atoms with Gasteiger partial charge in [-0.2, -0.15) is 0 Å². The third-order valence-corrected chi connectivity index (χ3v) is 5.90. The van der Waals surface area contributed by atoms with Crippen LogP contribution >= 0.6 is 11.6 Å². The molecule has 1 unspecified atom stereocenters. The van der Waals surface area contributed by atoms with Crippen LogP contribution in [0.2, 0.25) is 5.02 Å². The Balaban J connectivity index is 1.47. The van der Waals surface area contributed by atoms with E-state index in [-0.39, 0.29) is 18.2 Å². The van der Waals surface area contributed by atoms with Gasteiger partial charge in [-0.3, -0.25) is 4.90 Å². The normalized spacial score (nSPS) is 21.7. The van der Waals surface area contributed by atoms with Crippen molar-refractivity contribution in [1.82, 2.24) is 9.80 Å². The van der Waals surface area contributed by atoms with Gasteiger partial charge in [-0.15, -0.1) is 0 Å². The Labute approximate surface area is 167 Å². The minimum absolute atomic E-state index is 0.00577. The summed E-state index contributed by atoms with van der Waals surface area (Å²) in [5.74, 6) is 1.53. The second-order valence-corrected chi connectivity index (χ2v) is 8.29. The molecule has 1 aromatic carbocycles. The summed E-state index contributed by atoms with van der Waals surface area (Å²) in [4.78, 5) is 16.1. The number of carbonyl (C=O) groups excluding carboxylic acids is 1. The van der Waals surface area contributed by atoms with Crippen molar-refractivity contribution in [2.24, 2.45) is 5.92 Å². The second kappa shape index (κ2) is 9.16. The lowest BCUT2D eigenvalue weighted by atomic mass is 9.90. The number of halogens is 1. The van der Waals surface area contributed by atoms with Gasteiger partial charge in [-0.1, -0.05) is 11.6 Å². The standard InChI is InChI=1S/C21H31ClN2O3/c1-4-26-18-5-6-20(22)17(12-18)11-16-7-9-23(10-8-16)13-19-14-24(15(2)3)21(25)27-19/h5-6,12,15-16,19H,4,7-11,13-14H2,1-3H3. The Kier molecular flexibility index (Phi) is 6.88. The number of amides is 1. The van der Waals surface area contributed by atoms with Gasteiger partial charge in [-0.25, -0.2) is 4.79 Å². The molecule has 2 aliphatic rings. The van der Waals surface area contributed by atoms with E-state index in [9.17, 15) is 4.79 Å². The number of ether oxygens (including phenoxy) is 2. The van der Waals surface area contributed by atoms with Crippen molar-refractivity contribution in [3.8, 4) is 5.75 Å². The zero-order valence-electron chi connectivity index (χ0n) is 16.6. The average Bonchev–Trinajstić information content (AvgIpc) is 3.00. The van der Waals surface area contributed by atoms with Gasteiger partial charge in [0.1, 0.15) is 11.9 Å². The SMILES string of the molecule is CCOc1ccc(Cl)c(CC2CCN(CC3CN(C(C)C)C(=O)O3)CC2)c1. The first-order valence-corrected chi connectivity index (χ1v) is 10.4. The molecule has 0 spiro atoms. The lowest BCUT2D eigenvalue weighted by Crippen LogP contribution is -2.41. The first-order valence-electron chi connectivity index (χ1n) is 10.1. The molecular formula is C21H31ClN2O3. The monoisotopic (exact) mass is 394 g/mol. The Morgan fingerprint density at radius 3 is 2.67 bits per heavy atom. The fourth-order valence-corrected chi connectivity index (χ4v) is 4.19. The summed E-state index contributed by atoms with van der Waals surface area (Å²) in [5, 5.41) is 0.826. The van der Waals surface area contributed by atoms with E-state index >= 15 is 0 Å².